The highest BCUT2D eigenvalue weighted by Gasteiger charge is 2.24. The molecule has 1 saturated heterocycles. The first-order valence-electron chi connectivity index (χ1n) is 6.33. The van der Waals surface area contributed by atoms with Crippen LogP contribution < -0.4 is 0 Å². The quantitative estimate of drug-likeness (QED) is 0.651. The molecule has 0 radical (unpaired) electrons. The Balaban J connectivity index is 2.28. The monoisotopic (exact) mass is 197 g/mol. The lowest BCUT2D eigenvalue weighted by Crippen LogP contribution is -2.32. The van der Waals surface area contributed by atoms with Gasteiger partial charge in [-0.2, -0.15) is 0 Å². The Kier molecular flexibility index (Phi) is 4.94. The number of hydrogen-bond donors (Lipinski definition) is 0. The van der Waals surface area contributed by atoms with E-state index in [0.29, 0.717) is 0 Å². The molecule has 0 saturated carbocycles. The van der Waals surface area contributed by atoms with Crippen molar-refractivity contribution in [3.05, 3.63) is 0 Å². The van der Waals surface area contributed by atoms with Gasteiger partial charge in [-0.1, -0.05) is 27.7 Å². The lowest BCUT2D eigenvalue weighted by molar-refractivity contribution is 0.215. The van der Waals surface area contributed by atoms with Gasteiger partial charge in [-0.25, -0.2) is 0 Å². The number of nitrogens with zero attached hydrogens (tertiary/aromatic N) is 1. The molecule has 0 aromatic carbocycles. The van der Waals surface area contributed by atoms with Crippen LogP contribution in [0.5, 0.6) is 0 Å². The molecule has 1 rings (SSSR count). The molecule has 1 unspecified atom stereocenters. The van der Waals surface area contributed by atoms with Crippen molar-refractivity contribution >= 4 is 0 Å². The highest BCUT2D eigenvalue weighted by atomic mass is 15.2. The molecule has 14 heavy (non-hydrogen) atoms. The summed E-state index contributed by atoms with van der Waals surface area (Å²) in [5.74, 6) is 1.72. The average Bonchev–Trinajstić information content (AvgIpc) is 2.47. The van der Waals surface area contributed by atoms with Crippen molar-refractivity contribution in [1.29, 1.82) is 0 Å². The fraction of sp³-hybridized carbons (Fsp3) is 1.00. The number of rotatable bonds is 5. The van der Waals surface area contributed by atoms with Crippen molar-refractivity contribution < 1.29 is 0 Å². The second-order valence-electron chi connectivity index (χ2n) is 5.64. The molecule has 0 N–H and O–H groups in total. The maximum atomic E-state index is 2.72. The fourth-order valence-corrected chi connectivity index (χ4v) is 2.42. The van der Waals surface area contributed by atoms with Crippen LogP contribution in [-0.4, -0.2) is 24.0 Å². The molecule has 0 bridgehead atoms. The van der Waals surface area contributed by atoms with Crippen molar-refractivity contribution in [2.45, 2.75) is 59.4 Å². The molecule has 0 aromatic heterocycles. The van der Waals surface area contributed by atoms with Gasteiger partial charge in [-0.3, -0.25) is 0 Å². The second kappa shape index (κ2) is 5.75. The predicted octanol–water partition coefficient (Wildman–Crippen LogP) is 3.54. The third-order valence-electron chi connectivity index (χ3n) is 3.24. The van der Waals surface area contributed by atoms with Gasteiger partial charge in [0.05, 0.1) is 0 Å². The number of hydrogen-bond acceptors (Lipinski definition) is 1. The van der Waals surface area contributed by atoms with Crippen LogP contribution >= 0.6 is 0 Å². The minimum Gasteiger partial charge on any atom is -0.300 e. The summed E-state index contributed by atoms with van der Waals surface area (Å²) in [6, 6.07) is 0.897. The zero-order valence-electron chi connectivity index (χ0n) is 10.4. The molecule has 1 aliphatic rings. The van der Waals surface area contributed by atoms with E-state index in [4.69, 9.17) is 0 Å². The summed E-state index contributed by atoms with van der Waals surface area (Å²) in [5, 5.41) is 0. The second-order valence-corrected chi connectivity index (χ2v) is 5.64. The van der Waals surface area contributed by atoms with Crippen LogP contribution in [-0.2, 0) is 0 Å². The Morgan fingerprint density at radius 3 is 2.43 bits per heavy atom. The third kappa shape index (κ3) is 4.00. The molecule has 0 spiro atoms. The first-order chi connectivity index (χ1) is 6.59. The van der Waals surface area contributed by atoms with Crippen molar-refractivity contribution in [3.8, 4) is 0 Å². The van der Waals surface area contributed by atoms with Gasteiger partial charge in [-0.05, 0) is 50.6 Å². The van der Waals surface area contributed by atoms with Gasteiger partial charge in [0.1, 0.15) is 0 Å². The fourth-order valence-electron chi connectivity index (χ4n) is 2.42. The summed E-state index contributed by atoms with van der Waals surface area (Å²) in [6.07, 6.45) is 5.64. The predicted molar refractivity (Wildman–Crippen MR) is 63.5 cm³/mol. The van der Waals surface area contributed by atoms with Gasteiger partial charge in [0.15, 0.2) is 0 Å². The molecule has 0 aliphatic carbocycles. The first-order valence-corrected chi connectivity index (χ1v) is 6.33. The molecule has 1 heteroatoms. The van der Waals surface area contributed by atoms with Gasteiger partial charge >= 0.3 is 0 Å². The summed E-state index contributed by atoms with van der Waals surface area (Å²) in [6.45, 7) is 12.0. The number of likely N-dealkylation sites (tertiary alicyclic amines) is 1. The average molecular weight is 197 g/mol. The molecule has 1 atom stereocenters. The van der Waals surface area contributed by atoms with E-state index in [2.05, 4.69) is 32.6 Å². The zero-order valence-corrected chi connectivity index (χ0v) is 10.4. The summed E-state index contributed by atoms with van der Waals surface area (Å²) in [4.78, 5) is 2.72. The highest BCUT2D eigenvalue weighted by molar-refractivity contribution is 4.79. The van der Waals surface area contributed by atoms with Gasteiger partial charge < -0.3 is 4.90 Å². The van der Waals surface area contributed by atoms with Crippen LogP contribution in [0, 0.1) is 11.8 Å². The Morgan fingerprint density at radius 2 is 1.86 bits per heavy atom. The lowest BCUT2D eigenvalue weighted by atomic mass is 10.0. The third-order valence-corrected chi connectivity index (χ3v) is 3.24. The van der Waals surface area contributed by atoms with Crippen molar-refractivity contribution in [2.75, 3.05) is 13.1 Å². The van der Waals surface area contributed by atoms with Gasteiger partial charge in [0.2, 0.25) is 0 Å². The molecule has 1 fully saturated rings. The van der Waals surface area contributed by atoms with E-state index in [1.165, 1.54) is 38.8 Å². The SMILES string of the molecule is CC(C)CCN1CCCC1CC(C)C. The van der Waals surface area contributed by atoms with E-state index in [0.717, 1.165) is 17.9 Å². The van der Waals surface area contributed by atoms with Gasteiger partial charge in [-0.15, -0.1) is 0 Å². The molecule has 1 heterocycles. The maximum Gasteiger partial charge on any atom is 0.00981 e. The lowest BCUT2D eigenvalue weighted by Gasteiger charge is -2.26. The molecule has 84 valence electrons. The molecule has 0 amide bonds. The van der Waals surface area contributed by atoms with Crippen LogP contribution in [0.4, 0.5) is 0 Å². The summed E-state index contributed by atoms with van der Waals surface area (Å²) in [7, 11) is 0. The van der Waals surface area contributed by atoms with E-state index in [-0.39, 0.29) is 0 Å². The molecule has 0 aromatic rings. The van der Waals surface area contributed by atoms with E-state index in [9.17, 15) is 0 Å². The summed E-state index contributed by atoms with van der Waals surface area (Å²) < 4.78 is 0. The van der Waals surface area contributed by atoms with E-state index in [1.807, 2.05) is 0 Å². The van der Waals surface area contributed by atoms with Gasteiger partial charge in [0, 0.05) is 6.04 Å². The Morgan fingerprint density at radius 1 is 1.14 bits per heavy atom. The van der Waals surface area contributed by atoms with Crippen LogP contribution in [0.2, 0.25) is 0 Å². The van der Waals surface area contributed by atoms with Gasteiger partial charge in [0.25, 0.3) is 0 Å². The van der Waals surface area contributed by atoms with Crippen molar-refractivity contribution in [2.24, 2.45) is 11.8 Å². The van der Waals surface area contributed by atoms with E-state index in [1.54, 1.807) is 0 Å². The largest absolute Gasteiger partial charge is 0.300 e. The minimum absolute atomic E-state index is 0.857. The smallest absolute Gasteiger partial charge is 0.00981 e. The highest BCUT2D eigenvalue weighted by Crippen LogP contribution is 2.23. The molecule has 1 aliphatic heterocycles. The summed E-state index contributed by atoms with van der Waals surface area (Å²) >= 11 is 0. The van der Waals surface area contributed by atoms with Crippen LogP contribution in [0.3, 0.4) is 0 Å². The van der Waals surface area contributed by atoms with Crippen LogP contribution in [0.15, 0.2) is 0 Å². The summed E-state index contributed by atoms with van der Waals surface area (Å²) in [5.41, 5.74) is 0. The first kappa shape index (κ1) is 12.0. The standard InChI is InChI=1S/C13H27N/c1-11(2)7-9-14-8-5-6-13(14)10-12(3)4/h11-13H,5-10H2,1-4H3. The molecular formula is C13H27N. The molecule has 1 nitrogen and oxygen atoms in total. The normalized spacial score (nSPS) is 24.0. The Labute approximate surface area is 89.9 Å². The van der Waals surface area contributed by atoms with Crippen LogP contribution in [0.25, 0.3) is 0 Å². The van der Waals surface area contributed by atoms with Crippen LogP contribution in [0.1, 0.15) is 53.4 Å². The van der Waals surface area contributed by atoms with Crippen molar-refractivity contribution in [3.63, 3.8) is 0 Å². The molecular weight excluding hydrogens is 170 g/mol. The van der Waals surface area contributed by atoms with E-state index >= 15 is 0 Å². The minimum atomic E-state index is 0.857. The van der Waals surface area contributed by atoms with E-state index < -0.39 is 0 Å². The Hall–Kier alpha value is -0.0400. The topological polar surface area (TPSA) is 3.24 Å². The zero-order chi connectivity index (χ0) is 10.6. The van der Waals surface area contributed by atoms with Crippen molar-refractivity contribution in [1.82, 2.24) is 4.90 Å². The Bertz CT molecular complexity index is 151. The maximum absolute atomic E-state index is 2.72.